The molecule has 3 aromatic rings. The molecule has 0 fully saturated rings. The van der Waals surface area contributed by atoms with E-state index in [1.54, 1.807) is 41.6 Å². The number of nitrogens with one attached hydrogen (secondary N) is 1. The smallest absolute Gasteiger partial charge is 0.259 e. The molecular formula is C21H19FN4O2. The van der Waals surface area contributed by atoms with E-state index in [2.05, 4.69) is 10.4 Å². The number of hydrogen-bond acceptors (Lipinski definition) is 3. The average molecular weight is 378 g/mol. The molecule has 0 unspecified atom stereocenters. The number of anilines is 2. The molecule has 0 saturated heterocycles. The van der Waals surface area contributed by atoms with Gasteiger partial charge in [-0.05, 0) is 61.4 Å². The molecule has 2 aromatic carbocycles. The second-order valence-corrected chi connectivity index (χ2v) is 6.75. The van der Waals surface area contributed by atoms with Gasteiger partial charge in [0.05, 0.1) is 23.1 Å². The monoisotopic (exact) mass is 378 g/mol. The lowest BCUT2D eigenvalue weighted by Crippen LogP contribution is -2.25. The summed E-state index contributed by atoms with van der Waals surface area (Å²) in [7, 11) is 0. The summed E-state index contributed by atoms with van der Waals surface area (Å²) in [4.78, 5) is 26.1. The maximum atomic E-state index is 13.1. The first-order valence-corrected chi connectivity index (χ1v) is 8.97. The van der Waals surface area contributed by atoms with Crippen LogP contribution in [0.5, 0.6) is 0 Å². The highest BCUT2D eigenvalue weighted by Crippen LogP contribution is 2.30. The molecule has 0 atom stereocenters. The Morgan fingerprint density at radius 2 is 1.89 bits per heavy atom. The van der Waals surface area contributed by atoms with Crippen LogP contribution in [0.4, 0.5) is 15.8 Å². The van der Waals surface area contributed by atoms with Gasteiger partial charge in [-0.2, -0.15) is 5.10 Å². The van der Waals surface area contributed by atoms with Crippen LogP contribution in [0.15, 0.2) is 48.7 Å². The number of aromatic nitrogens is 2. The normalized spacial score (nSPS) is 12.8. The van der Waals surface area contributed by atoms with Crippen molar-refractivity contribution in [1.29, 1.82) is 0 Å². The topological polar surface area (TPSA) is 67.2 Å². The fraction of sp³-hybridized carbons (Fsp3) is 0.190. The van der Waals surface area contributed by atoms with Crippen LogP contribution in [0.2, 0.25) is 0 Å². The van der Waals surface area contributed by atoms with E-state index in [-0.39, 0.29) is 17.6 Å². The fourth-order valence-electron chi connectivity index (χ4n) is 3.48. The summed E-state index contributed by atoms with van der Waals surface area (Å²) in [5.74, 6) is -0.585. The first kappa shape index (κ1) is 17.9. The Hall–Kier alpha value is -3.48. The average Bonchev–Trinajstić information content (AvgIpc) is 3.26. The number of halogens is 1. The zero-order valence-electron chi connectivity index (χ0n) is 15.6. The van der Waals surface area contributed by atoms with Crippen molar-refractivity contribution in [3.05, 3.63) is 71.3 Å². The highest BCUT2D eigenvalue weighted by atomic mass is 19.1. The van der Waals surface area contributed by atoms with Crippen LogP contribution in [-0.2, 0) is 11.2 Å². The van der Waals surface area contributed by atoms with E-state index in [4.69, 9.17) is 0 Å². The van der Waals surface area contributed by atoms with Gasteiger partial charge in [0.25, 0.3) is 5.91 Å². The Bertz CT molecular complexity index is 1070. The number of carbonyl (C=O) groups excluding carboxylic acids is 2. The SMILES string of the molecule is CC(=O)N1CCc2cc(NC(=O)c3cnn(-c4ccc(F)cc4)c3C)ccc21. The summed E-state index contributed by atoms with van der Waals surface area (Å²) in [6.45, 7) is 4.00. The quantitative estimate of drug-likeness (QED) is 0.759. The second kappa shape index (κ2) is 6.92. The molecule has 1 N–H and O–H groups in total. The fourth-order valence-corrected chi connectivity index (χ4v) is 3.48. The number of nitrogens with zero attached hydrogens (tertiary/aromatic N) is 3. The Morgan fingerprint density at radius 1 is 1.14 bits per heavy atom. The van der Waals surface area contributed by atoms with Crippen molar-refractivity contribution in [2.24, 2.45) is 0 Å². The summed E-state index contributed by atoms with van der Waals surface area (Å²) in [5, 5.41) is 7.15. The standard InChI is InChI=1S/C21H19FN4O2/c1-13-19(12-23-26(13)18-6-3-16(22)4-7-18)21(28)24-17-5-8-20-15(11-17)9-10-25(20)14(2)27/h3-8,11-12H,9-10H2,1-2H3,(H,24,28). The third-order valence-electron chi connectivity index (χ3n) is 4.94. The maximum Gasteiger partial charge on any atom is 0.259 e. The summed E-state index contributed by atoms with van der Waals surface area (Å²) in [6, 6.07) is 11.5. The zero-order valence-corrected chi connectivity index (χ0v) is 15.6. The molecule has 1 aromatic heterocycles. The first-order valence-electron chi connectivity index (χ1n) is 8.97. The van der Waals surface area contributed by atoms with Crippen LogP contribution in [0, 0.1) is 12.7 Å². The molecule has 2 amide bonds. The van der Waals surface area contributed by atoms with Crippen molar-refractivity contribution in [2.45, 2.75) is 20.3 Å². The van der Waals surface area contributed by atoms with Gasteiger partial charge in [0, 0.05) is 24.8 Å². The van der Waals surface area contributed by atoms with Gasteiger partial charge in [-0.25, -0.2) is 9.07 Å². The maximum absolute atomic E-state index is 13.1. The van der Waals surface area contributed by atoms with E-state index < -0.39 is 0 Å². The lowest BCUT2D eigenvalue weighted by Gasteiger charge is -2.15. The largest absolute Gasteiger partial charge is 0.322 e. The van der Waals surface area contributed by atoms with Crippen molar-refractivity contribution in [3.63, 3.8) is 0 Å². The molecule has 7 heteroatoms. The van der Waals surface area contributed by atoms with Crippen LogP contribution in [0.1, 0.15) is 28.5 Å². The van der Waals surface area contributed by atoms with Crippen LogP contribution >= 0.6 is 0 Å². The highest BCUT2D eigenvalue weighted by molar-refractivity contribution is 6.05. The summed E-state index contributed by atoms with van der Waals surface area (Å²) in [6.07, 6.45) is 2.26. The molecule has 6 nitrogen and oxygen atoms in total. The van der Waals surface area contributed by atoms with E-state index in [0.29, 0.717) is 29.2 Å². The van der Waals surface area contributed by atoms with E-state index >= 15 is 0 Å². The third-order valence-corrected chi connectivity index (χ3v) is 4.94. The minimum atomic E-state index is -0.327. The highest BCUT2D eigenvalue weighted by Gasteiger charge is 2.23. The van der Waals surface area contributed by atoms with Gasteiger partial charge in [-0.15, -0.1) is 0 Å². The van der Waals surface area contributed by atoms with Gasteiger partial charge in [0.1, 0.15) is 5.82 Å². The molecule has 4 rings (SSSR count). The molecule has 0 radical (unpaired) electrons. The number of amides is 2. The van der Waals surface area contributed by atoms with Crippen LogP contribution in [0.25, 0.3) is 5.69 Å². The van der Waals surface area contributed by atoms with Gasteiger partial charge in [-0.3, -0.25) is 9.59 Å². The first-order chi connectivity index (χ1) is 13.4. The summed E-state index contributed by atoms with van der Waals surface area (Å²) in [5.41, 5.74) is 4.38. The number of carbonyl (C=O) groups is 2. The summed E-state index contributed by atoms with van der Waals surface area (Å²) < 4.78 is 14.7. The van der Waals surface area contributed by atoms with E-state index in [9.17, 15) is 14.0 Å². The van der Waals surface area contributed by atoms with E-state index in [1.165, 1.54) is 18.3 Å². The van der Waals surface area contributed by atoms with Crippen LogP contribution in [-0.4, -0.2) is 28.1 Å². The zero-order chi connectivity index (χ0) is 19.8. The Balaban J connectivity index is 1.55. The van der Waals surface area contributed by atoms with Crippen LogP contribution in [0.3, 0.4) is 0 Å². The van der Waals surface area contributed by atoms with Crippen molar-refractivity contribution >= 4 is 23.2 Å². The van der Waals surface area contributed by atoms with Gasteiger partial charge >= 0.3 is 0 Å². The van der Waals surface area contributed by atoms with Crippen molar-refractivity contribution < 1.29 is 14.0 Å². The molecule has 1 aliphatic rings. The number of fused-ring (bicyclic) bond motifs is 1. The molecule has 0 aliphatic carbocycles. The molecule has 0 saturated carbocycles. The molecule has 28 heavy (non-hydrogen) atoms. The van der Waals surface area contributed by atoms with E-state index in [0.717, 1.165) is 17.7 Å². The lowest BCUT2D eigenvalue weighted by atomic mass is 10.1. The predicted octanol–water partition coefficient (Wildman–Crippen LogP) is 3.48. The van der Waals surface area contributed by atoms with Crippen molar-refractivity contribution in [3.8, 4) is 5.69 Å². The third kappa shape index (κ3) is 3.15. The predicted molar refractivity (Wildman–Crippen MR) is 104 cm³/mol. The molecule has 2 heterocycles. The Labute approximate surface area is 161 Å². The molecule has 0 spiro atoms. The van der Waals surface area contributed by atoms with Crippen LogP contribution < -0.4 is 10.2 Å². The lowest BCUT2D eigenvalue weighted by molar-refractivity contribution is -0.116. The molecular weight excluding hydrogens is 359 g/mol. The number of benzene rings is 2. The Kier molecular flexibility index (Phi) is 4.43. The number of hydrogen-bond donors (Lipinski definition) is 1. The van der Waals surface area contributed by atoms with Crippen molar-refractivity contribution in [2.75, 3.05) is 16.8 Å². The minimum Gasteiger partial charge on any atom is -0.322 e. The van der Waals surface area contributed by atoms with Gasteiger partial charge in [0.2, 0.25) is 5.91 Å². The second-order valence-electron chi connectivity index (χ2n) is 6.75. The Morgan fingerprint density at radius 3 is 2.61 bits per heavy atom. The van der Waals surface area contributed by atoms with Gasteiger partial charge in [0.15, 0.2) is 0 Å². The van der Waals surface area contributed by atoms with Crippen molar-refractivity contribution in [1.82, 2.24) is 9.78 Å². The van der Waals surface area contributed by atoms with Gasteiger partial charge in [-0.1, -0.05) is 0 Å². The molecule has 0 bridgehead atoms. The minimum absolute atomic E-state index is 0.0133. The number of rotatable bonds is 3. The summed E-state index contributed by atoms with van der Waals surface area (Å²) >= 11 is 0. The molecule has 1 aliphatic heterocycles. The van der Waals surface area contributed by atoms with E-state index in [1.807, 2.05) is 12.1 Å². The molecule has 142 valence electrons. The van der Waals surface area contributed by atoms with Gasteiger partial charge < -0.3 is 10.2 Å².